The van der Waals surface area contributed by atoms with E-state index in [0.29, 0.717) is 31.9 Å². The van der Waals surface area contributed by atoms with Crippen LogP contribution >= 0.6 is 0 Å². The Morgan fingerprint density at radius 3 is 2.31 bits per heavy atom. The Balaban J connectivity index is 1.43. The van der Waals surface area contributed by atoms with Crippen LogP contribution in [0.5, 0.6) is 5.75 Å². The van der Waals surface area contributed by atoms with Gasteiger partial charge < -0.3 is 29.7 Å². The molecule has 0 bridgehead atoms. The Bertz CT molecular complexity index is 1100. The minimum absolute atomic E-state index is 0.0256. The lowest BCUT2D eigenvalue weighted by Gasteiger charge is -2.39. The van der Waals surface area contributed by atoms with Crippen molar-refractivity contribution in [1.82, 2.24) is 25.0 Å². The van der Waals surface area contributed by atoms with Gasteiger partial charge in [0.05, 0.1) is 18.7 Å². The number of nitrogens with zero attached hydrogens (tertiary/aromatic N) is 3. The molecule has 2 fully saturated rings. The molecule has 9 nitrogen and oxygen atoms in total. The second kappa shape index (κ2) is 11.3. The maximum Gasteiger partial charge on any atom is 0.270 e. The molecule has 0 radical (unpaired) electrons. The van der Waals surface area contributed by atoms with E-state index in [1.807, 2.05) is 45.7 Å². The lowest BCUT2D eigenvalue weighted by atomic mass is 9.83. The number of ether oxygens (including phenoxy) is 1. The third-order valence-electron chi connectivity index (χ3n) is 7.86. The molecule has 1 saturated heterocycles. The Hall–Kier alpha value is -3.07. The zero-order chi connectivity index (χ0) is 25.8. The van der Waals surface area contributed by atoms with Crippen molar-refractivity contribution in [3.63, 3.8) is 0 Å². The molecule has 196 valence electrons. The molecule has 1 aliphatic heterocycles. The summed E-state index contributed by atoms with van der Waals surface area (Å²) in [5.74, 6) is 0.690. The van der Waals surface area contributed by atoms with Crippen LogP contribution in [0.3, 0.4) is 0 Å². The Labute approximate surface area is 213 Å². The second-order valence-electron chi connectivity index (χ2n) is 10.0. The third-order valence-corrected chi connectivity index (χ3v) is 7.86. The van der Waals surface area contributed by atoms with E-state index >= 15 is 0 Å². The number of nitrogens with one attached hydrogen (secondary N) is 2. The van der Waals surface area contributed by atoms with Gasteiger partial charge in [-0.3, -0.25) is 14.4 Å². The van der Waals surface area contributed by atoms with Crippen LogP contribution in [-0.2, 0) is 16.6 Å². The molecule has 2 aromatic rings. The molecule has 36 heavy (non-hydrogen) atoms. The smallest absolute Gasteiger partial charge is 0.270 e. The zero-order valence-electron chi connectivity index (χ0n) is 21.9. The summed E-state index contributed by atoms with van der Waals surface area (Å²) in [5.41, 5.74) is 1.56. The van der Waals surface area contributed by atoms with E-state index < -0.39 is 6.04 Å². The number of rotatable bonds is 7. The van der Waals surface area contributed by atoms with Gasteiger partial charge in [-0.15, -0.1) is 0 Å². The van der Waals surface area contributed by atoms with Gasteiger partial charge in [-0.2, -0.15) is 0 Å². The van der Waals surface area contributed by atoms with E-state index in [1.165, 1.54) is 6.42 Å². The molecule has 1 aliphatic carbocycles. The summed E-state index contributed by atoms with van der Waals surface area (Å²) in [5, 5.41) is 6.98. The summed E-state index contributed by atoms with van der Waals surface area (Å²) in [4.78, 5) is 43.2. The van der Waals surface area contributed by atoms with Crippen LogP contribution in [0.1, 0.15) is 49.5 Å². The molecule has 3 amide bonds. The minimum Gasteiger partial charge on any atom is -0.497 e. The monoisotopic (exact) mass is 497 g/mol. The average Bonchev–Trinajstić information content (AvgIpc) is 3.26. The van der Waals surface area contributed by atoms with Crippen LogP contribution in [0.2, 0.25) is 0 Å². The van der Waals surface area contributed by atoms with Crippen molar-refractivity contribution in [3.05, 3.63) is 30.0 Å². The van der Waals surface area contributed by atoms with E-state index in [1.54, 1.807) is 21.1 Å². The van der Waals surface area contributed by atoms with Gasteiger partial charge in [0, 0.05) is 44.7 Å². The number of methoxy groups -OCH3 is 1. The van der Waals surface area contributed by atoms with Gasteiger partial charge in [0.25, 0.3) is 5.91 Å². The Kier molecular flexibility index (Phi) is 8.18. The first-order chi connectivity index (χ1) is 17.3. The topological polar surface area (TPSA) is 95.9 Å². The van der Waals surface area contributed by atoms with E-state index in [4.69, 9.17) is 4.74 Å². The summed E-state index contributed by atoms with van der Waals surface area (Å²) in [6, 6.07) is 6.81. The molecule has 2 N–H and O–H groups in total. The number of hydrogen-bond donors (Lipinski definition) is 2. The fourth-order valence-electron chi connectivity index (χ4n) is 5.39. The molecule has 2 unspecified atom stereocenters. The molecule has 2 heterocycles. The predicted octanol–water partition coefficient (Wildman–Crippen LogP) is 2.14. The van der Waals surface area contributed by atoms with Crippen molar-refractivity contribution in [2.24, 2.45) is 13.0 Å². The first-order valence-corrected chi connectivity index (χ1v) is 13.0. The number of carbonyl (C=O) groups excluding carboxylic acids is 3. The molecule has 0 spiro atoms. The lowest BCUT2D eigenvalue weighted by Crippen LogP contribution is -2.59. The molecule has 2 aliphatic rings. The average molecular weight is 498 g/mol. The highest BCUT2D eigenvalue weighted by Crippen LogP contribution is 2.28. The highest BCUT2D eigenvalue weighted by Gasteiger charge is 2.36. The van der Waals surface area contributed by atoms with Gasteiger partial charge in [0.1, 0.15) is 17.5 Å². The van der Waals surface area contributed by atoms with Crippen LogP contribution in [-0.4, -0.2) is 84.5 Å². The molecule has 1 aromatic heterocycles. The SMILES string of the molecule is CNC(C)C(=O)NC(C(=O)N1CCN(C(=O)c2cc3ccc(OC)cc3n2C)CC1)C1CCCCC1. The number of amides is 3. The van der Waals surface area contributed by atoms with Crippen molar-refractivity contribution in [2.75, 3.05) is 40.3 Å². The van der Waals surface area contributed by atoms with Crippen LogP contribution in [0.25, 0.3) is 10.9 Å². The Morgan fingerprint density at radius 2 is 1.67 bits per heavy atom. The standard InChI is InChI=1S/C27H39N5O4/c1-18(28-2)25(33)29-24(19-8-6-5-7-9-19)27(35)32-14-12-31(13-15-32)26(34)23-16-20-10-11-21(36-4)17-22(20)30(23)3/h10-11,16-19,24,28H,5-9,12-15H2,1-4H3,(H,29,33). The lowest BCUT2D eigenvalue weighted by molar-refractivity contribution is -0.140. The molecular weight excluding hydrogens is 458 g/mol. The fourth-order valence-corrected chi connectivity index (χ4v) is 5.39. The molecule has 1 aromatic carbocycles. The quantitative estimate of drug-likeness (QED) is 0.611. The van der Waals surface area contributed by atoms with E-state index in [0.717, 1.165) is 42.3 Å². The highest BCUT2D eigenvalue weighted by atomic mass is 16.5. The summed E-state index contributed by atoms with van der Waals surface area (Å²) in [7, 11) is 5.25. The van der Waals surface area contributed by atoms with Crippen molar-refractivity contribution in [1.29, 1.82) is 0 Å². The molecule has 9 heteroatoms. The first-order valence-electron chi connectivity index (χ1n) is 13.0. The third kappa shape index (κ3) is 5.36. The van der Waals surface area contributed by atoms with Crippen LogP contribution in [0.4, 0.5) is 0 Å². The summed E-state index contributed by atoms with van der Waals surface area (Å²) >= 11 is 0. The number of piperazine rings is 1. The predicted molar refractivity (Wildman–Crippen MR) is 139 cm³/mol. The molecule has 4 rings (SSSR count). The van der Waals surface area contributed by atoms with Gasteiger partial charge in [-0.05, 0) is 50.9 Å². The molecular formula is C27H39N5O4. The minimum atomic E-state index is -0.510. The number of likely N-dealkylation sites (N-methyl/N-ethyl adjacent to an activating group) is 1. The maximum absolute atomic E-state index is 13.6. The number of hydrogen-bond acceptors (Lipinski definition) is 5. The largest absolute Gasteiger partial charge is 0.497 e. The summed E-state index contributed by atoms with van der Waals surface area (Å²) in [6.45, 7) is 3.65. The van der Waals surface area contributed by atoms with Crippen LogP contribution in [0.15, 0.2) is 24.3 Å². The molecule has 1 saturated carbocycles. The number of fused-ring (bicyclic) bond motifs is 1. The fraction of sp³-hybridized carbons (Fsp3) is 0.593. The highest BCUT2D eigenvalue weighted by molar-refractivity contribution is 5.99. The van der Waals surface area contributed by atoms with Gasteiger partial charge in [-0.25, -0.2) is 0 Å². The molecule has 2 atom stereocenters. The number of benzene rings is 1. The summed E-state index contributed by atoms with van der Waals surface area (Å²) in [6.07, 6.45) is 5.26. The van der Waals surface area contributed by atoms with E-state index in [-0.39, 0.29) is 29.7 Å². The first kappa shape index (κ1) is 26.0. The Morgan fingerprint density at radius 1 is 1.00 bits per heavy atom. The van der Waals surface area contributed by atoms with Gasteiger partial charge in [-0.1, -0.05) is 19.3 Å². The van der Waals surface area contributed by atoms with Crippen LogP contribution in [0, 0.1) is 5.92 Å². The van der Waals surface area contributed by atoms with Crippen LogP contribution < -0.4 is 15.4 Å². The second-order valence-corrected chi connectivity index (χ2v) is 10.0. The maximum atomic E-state index is 13.6. The van der Waals surface area contributed by atoms with Gasteiger partial charge >= 0.3 is 0 Å². The van der Waals surface area contributed by atoms with Crippen molar-refractivity contribution in [2.45, 2.75) is 51.1 Å². The normalized spacial score (nSPS) is 18.7. The van der Waals surface area contributed by atoms with Gasteiger partial charge in [0.15, 0.2) is 0 Å². The number of aryl methyl sites for hydroxylation is 1. The zero-order valence-corrected chi connectivity index (χ0v) is 21.9. The van der Waals surface area contributed by atoms with Crippen molar-refractivity contribution >= 4 is 28.6 Å². The van der Waals surface area contributed by atoms with E-state index in [9.17, 15) is 14.4 Å². The van der Waals surface area contributed by atoms with E-state index in [2.05, 4.69) is 10.6 Å². The van der Waals surface area contributed by atoms with Crippen molar-refractivity contribution in [3.8, 4) is 5.75 Å². The van der Waals surface area contributed by atoms with Gasteiger partial charge in [0.2, 0.25) is 11.8 Å². The summed E-state index contributed by atoms with van der Waals surface area (Å²) < 4.78 is 7.23. The number of aromatic nitrogens is 1. The van der Waals surface area contributed by atoms with Crippen molar-refractivity contribution < 1.29 is 19.1 Å². The number of carbonyl (C=O) groups is 3.